The molecule has 3 rings (SSSR count). The molecule has 1 heterocycles. The van der Waals surface area contributed by atoms with Gasteiger partial charge < -0.3 is 10.6 Å². The number of rotatable bonds is 4. The number of carbonyl (C=O) groups is 1. The number of urea groups is 1. The van der Waals surface area contributed by atoms with Gasteiger partial charge in [-0.05, 0) is 58.8 Å². The number of carbonyl (C=O) groups excluding carboxylic acids is 1. The van der Waals surface area contributed by atoms with Crippen LogP contribution < -0.4 is 10.6 Å². The van der Waals surface area contributed by atoms with Crippen LogP contribution in [0.25, 0.3) is 5.69 Å². The number of nitrogens with one attached hydrogen (secondary N) is 2. The summed E-state index contributed by atoms with van der Waals surface area (Å²) in [6.45, 7) is 2.35. The number of hydrogen-bond acceptors (Lipinski definition) is 4. The Bertz CT molecular complexity index is 832. The standard InChI is InChI=1S/C16H15ClN6O/c1-11-8-14(6-7-15(11)23-10-19-21-22-23)20-16(24)18-9-12-2-4-13(17)5-3-12/h2-8,10H,9H2,1H3,(H2,18,20,24). The zero-order valence-corrected chi connectivity index (χ0v) is 13.7. The van der Waals surface area contributed by atoms with Gasteiger partial charge in [0.2, 0.25) is 0 Å². The van der Waals surface area contributed by atoms with Gasteiger partial charge >= 0.3 is 6.03 Å². The number of halogens is 1. The van der Waals surface area contributed by atoms with E-state index in [0.717, 1.165) is 16.8 Å². The van der Waals surface area contributed by atoms with Crippen molar-refractivity contribution >= 4 is 23.3 Å². The molecular weight excluding hydrogens is 328 g/mol. The van der Waals surface area contributed by atoms with Gasteiger partial charge in [0.05, 0.1) is 5.69 Å². The van der Waals surface area contributed by atoms with Gasteiger partial charge in [0.15, 0.2) is 0 Å². The minimum Gasteiger partial charge on any atom is -0.334 e. The van der Waals surface area contributed by atoms with Gasteiger partial charge in [-0.15, -0.1) is 5.10 Å². The van der Waals surface area contributed by atoms with Crippen molar-refractivity contribution in [1.82, 2.24) is 25.5 Å². The van der Waals surface area contributed by atoms with Crippen molar-refractivity contribution in [1.29, 1.82) is 0 Å². The Labute approximate surface area is 143 Å². The first-order valence-corrected chi connectivity index (χ1v) is 7.63. The fraction of sp³-hybridized carbons (Fsp3) is 0.125. The number of anilines is 1. The number of aryl methyl sites for hydroxylation is 1. The van der Waals surface area contributed by atoms with E-state index in [9.17, 15) is 4.79 Å². The molecule has 0 fully saturated rings. The molecule has 0 saturated carbocycles. The Kier molecular flexibility index (Phi) is 4.72. The molecule has 2 aromatic carbocycles. The first-order valence-electron chi connectivity index (χ1n) is 7.25. The summed E-state index contributed by atoms with van der Waals surface area (Å²) in [5.41, 5.74) is 3.46. The third-order valence-corrected chi connectivity index (χ3v) is 3.67. The molecule has 24 heavy (non-hydrogen) atoms. The van der Waals surface area contributed by atoms with Crippen LogP contribution in [0.5, 0.6) is 0 Å². The lowest BCUT2D eigenvalue weighted by molar-refractivity contribution is 0.251. The van der Waals surface area contributed by atoms with Crippen LogP contribution in [-0.4, -0.2) is 26.2 Å². The van der Waals surface area contributed by atoms with E-state index in [2.05, 4.69) is 26.2 Å². The molecule has 8 heteroatoms. The quantitative estimate of drug-likeness (QED) is 0.763. The van der Waals surface area contributed by atoms with Crippen molar-refractivity contribution in [3.63, 3.8) is 0 Å². The number of amides is 2. The second-order valence-corrected chi connectivity index (χ2v) is 5.63. The smallest absolute Gasteiger partial charge is 0.319 e. The molecule has 0 aliphatic carbocycles. The van der Waals surface area contributed by atoms with E-state index in [1.54, 1.807) is 22.9 Å². The van der Waals surface area contributed by atoms with Gasteiger partial charge in [0.25, 0.3) is 0 Å². The van der Waals surface area contributed by atoms with Gasteiger partial charge in [-0.25, -0.2) is 9.48 Å². The van der Waals surface area contributed by atoms with Crippen molar-refractivity contribution in [2.24, 2.45) is 0 Å². The van der Waals surface area contributed by atoms with Gasteiger partial charge in [0.1, 0.15) is 6.33 Å². The normalized spacial score (nSPS) is 10.4. The lowest BCUT2D eigenvalue weighted by Crippen LogP contribution is -2.28. The summed E-state index contributed by atoms with van der Waals surface area (Å²) in [5.74, 6) is 0. The van der Waals surface area contributed by atoms with Crippen LogP contribution in [0, 0.1) is 6.92 Å². The second-order valence-electron chi connectivity index (χ2n) is 5.19. The Morgan fingerprint density at radius 2 is 2.00 bits per heavy atom. The lowest BCUT2D eigenvalue weighted by Gasteiger charge is -2.10. The van der Waals surface area contributed by atoms with Crippen LogP contribution in [0.4, 0.5) is 10.5 Å². The van der Waals surface area contributed by atoms with Crippen LogP contribution in [0.1, 0.15) is 11.1 Å². The molecule has 0 spiro atoms. The molecule has 3 aromatic rings. The topological polar surface area (TPSA) is 84.7 Å². The highest BCUT2D eigenvalue weighted by Gasteiger charge is 2.06. The molecule has 0 radical (unpaired) electrons. The van der Waals surface area contributed by atoms with Gasteiger partial charge in [-0.2, -0.15) is 0 Å². The molecule has 7 nitrogen and oxygen atoms in total. The number of tetrazole rings is 1. The van der Waals surface area contributed by atoms with Crippen molar-refractivity contribution < 1.29 is 4.79 Å². The number of nitrogens with zero attached hydrogens (tertiary/aromatic N) is 4. The van der Waals surface area contributed by atoms with Crippen molar-refractivity contribution in [2.45, 2.75) is 13.5 Å². The predicted octanol–water partition coefficient (Wildman–Crippen LogP) is 2.95. The molecule has 122 valence electrons. The SMILES string of the molecule is Cc1cc(NC(=O)NCc2ccc(Cl)cc2)ccc1-n1cnnn1. The van der Waals surface area contributed by atoms with Crippen molar-refractivity contribution in [3.8, 4) is 5.69 Å². The van der Waals surface area contributed by atoms with E-state index >= 15 is 0 Å². The summed E-state index contributed by atoms with van der Waals surface area (Å²) >= 11 is 5.83. The molecule has 1 aromatic heterocycles. The van der Waals surface area contributed by atoms with Gasteiger partial charge in [-0.3, -0.25) is 0 Å². The van der Waals surface area contributed by atoms with E-state index in [1.807, 2.05) is 31.2 Å². The maximum Gasteiger partial charge on any atom is 0.319 e. The van der Waals surface area contributed by atoms with Crippen LogP contribution in [-0.2, 0) is 6.54 Å². The molecule has 2 N–H and O–H groups in total. The van der Waals surface area contributed by atoms with Gasteiger partial charge in [-0.1, -0.05) is 23.7 Å². The zero-order valence-electron chi connectivity index (χ0n) is 12.9. The number of hydrogen-bond donors (Lipinski definition) is 2. The van der Waals surface area contributed by atoms with Gasteiger partial charge in [0, 0.05) is 17.3 Å². The molecule has 0 saturated heterocycles. The average Bonchev–Trinajstić information content (AvgIpc) is 3.09. The maximum atomic E-state index is 12.0. The lowest BCUT2D eigenvalue weighted by atomic mass is 10.2. The minimum absolute atomic E-state index is 0.278. The summed E-state index contributed by atoms with van der Waals surface area (Å²) < 4.78 is 1.57. The van der Waals surface area contributed by atoms with E-state index in [0.29, 0.717) is 17.3 Å². The van der Waals surface area contributed by atoms with Crippen LogP contribution in [0.15, 0.2) is 48.8 Å². The number of aromatic nitrogens is 4. The maximum absolute atomic E-state index is 12.0. The first kappa shape index (κ1) is 15.9. The van der Waals surface area contributed by atoms with Crippen molar-refractivity contribution in [2.75, 3.05) is 5.32 Å². The summed E-state index contributed by atoms with van der Waals surface area (Å²) in [6, 6.07) is 12.5. The molecule has 2 amide bonds. The van der Waals surface area contributed by atoms with E-state index < -0.39 is 0 Å². The largest absolute Gasteiger partial charge is 0.334 e. The summed E-state index contributed by atoms with van der Waals surface area (Å²) in [6.07, 6.45) is 1.52. The highest BCUT2D eigenvalue weighted by Crippen LogP contribution is 2.17. The molecule has 0 bridgehead atoms. The van der Waals surface area contributed by atoms with E-state index in [4.69, 9.17) is 11.6 Å². The Balaban J connectivity index is 1.60. The fourth-order valence-corrected chi connectivity index (χ4v) is 2.35. The highest BCUT2D eigenvalue weighted by molar-refractivity contribution is 6.30. The van der Waals surface area contributed by atoms with E-state index in [-0.39, 0.29) is 6.03 Å². The fourth-order valence-electron chi connectivity index (χ4n) is 2.22. The predicted molar refractivity (Wildman–Crippen MR) is 91.2 cm³/mol. The highest BCUT2D eigenvalue weighted by atomic mass is 35.5. The third kappa shape index (κ3) is 3.88. The monoisotopic (exact) mass is 342 g/mol. The average molecular weight is 343 g/mol. The second kappa shape index (κ2) is 7.10. The van der Waals surface area contributed by atoms with E-state index in [1.165, 1.54) is 6.33 Å². The number of benzene rings is 2. The molecule has 0 unspecified atom stereocenters. The Morgan fingerprint density at radius 3 is 2.67 bits per heavy atom. The van der Waals surface area contributed by atoms with Crippen molar-refractivity contribution in [3.05, 3.63) is 64.9 Å². The van der Waals surface area contributed by atoms with Crippen LogP contribution in [0.3, 0.4) is 0 Å². The van der Waals surface area contributed by atoms with Crippen LogP contribution >= 0.6 is 11.6 Å². The summed E-state index contributed by atoms with van der Waals surface area (Å²) in [5, 5.41) is 17.3. The third-order valence-electron chi connectivity index (χ3n) is 3.42. The molecule has 0 aliphatic rings. The van der Waals surface area contributed by atoms with Crippen LogP contribution in [0.2, 0.25) is 5.02 Å². The molecule has 0 atom stereocenters. The molecular formula is C16H15ClN6O. The zero-order chi connectivity index (χ0) is 16.9. The Hall–Kier alpha value is -2.93. The molecule has 0 aliphatic heterocycles. The summed E-state index contributed by atoms with van der Waals surface area (Å²) in [4.78, 5) is 12.0. The first-order chi connectivity index (χ1) is 11.6. The minimum atomic E-state index is -0.278. The Morgan fingerprint density at radius 1 is 1.21 bits per heavy atom. The summed E-state index contributed by atoms with van der Waals surface area (Å²) in [7, 11) is 0.